The highest BCUT2D eigenvalue weighted by atomic mass is 19.4. The maximum absolute atomic E-state index is 12.5. The molecule has 1 aliphatic rings. The fourth-order valence-corrected chi connectivity index (χ4v) is 3.51. The first-order valence-electron chi connectivity index (χ1n) is 9.50. The molecule has 166 valence electrons. The minimum absolute atomic E-state index is 0.0487. The lowest BCUT2D eigenvalue weighted by Gasteiger charge is -2.31. The van der Waals surface area contributed by atoms with Gasteiger partial charge in [0.2, 0.25) is 5.91 Å². The number of hydrogen-bond acceptors (Lipinski definition) is 6. The van der Waals surface area contributed by atoms with Crippen molar-refractivity contribution < 1.29 is 37.0 Å². The van der Waals surface area contributed by atoms with Crippen LogP contribution in [0.1, 0.15) is 33.6 Å². The Morgan fingerprint density at radius 2 is 1.97 bits per heavy atom. The molecule has 0 bridgehead atoms. The second-order valence-electron chi connectivity index (χ2n) is 7.08. The zero-order valence-electron chi connectivity index (χ0n) is 17.1. The number of likely N-dealkylation sites (tertiary alicyclic amines) is 1. The molecule has 1 heterocycles. The third-order valence-electron chi connectivity index (χ3n) is 4.97. The van der Waals surface area contributed by atoms with Gasteiger partial charge < -0.3 is 14.8 Å². The lowest BCUT2D eigenvalue weighted by atomic mass is 9.98. The number of ether oxygens (including phenoxy) is 2. The van der Waals surface area contributed by atoms with Gasteiger partial charge in [0, 0.05) is 33.7 Å². The van der Waals surface area contributed by atoms with Crippen LogP contribution in [0.25, 0.3) is 0 Å². The average Bonchev–Trinajstić information content (AvgIpc) is 3.02. The van der Waals surface area contributed by atoms with Crippen LogP contribution in [0, 0.1) is 11.8 Å². The number of alkyl halides is 3. The SMILES string of the molecule is CC=CC1CC(C(=O)OC(=O)C(F)(F)F)N(C[C@@H](CC)C(CNC(C)=O)OC)C1. The molecule has 0 spiro atoms. The number of halogens is 3. The summed E-state index contributed by atoms with van der Waals surface area (Å²) >= 11 is 0. The maximum Gasteiger partial charge on any atom is 0.491 e. The molecule has 0 aliphatic carbocycles. The van der Waals surface area contributed by atoms with E-state index in [4.69, 9.17) is 4.74 Å². The molecule has 0 aromatic heterocycles. The molecule has 4 atom stereocenters. The highest BCUT2D eigenvalue weighted by Gasteiger charge is 2.46. The Hall–Kier alpha value is -1.94. The van der Waals surface area contributed by atoms with Crippen molar-refractivity contribution in [2.24, 2.45) is 11.8 Å². The van der Waals surface area contributed by atoms with Gasteiger partial charge in [-0.05, 0) is 31.6 Å². The van der Waals surface area contributed by atoms with Crippen LogP contribution in [0.4, 0.5) is 13.2 Å². The van der Waals surface area contributed by atoms with E-state index >= 15 is 0 Å². The second kappa shape index (κ2) is 11.3. The summed E-state index contributed by atoms with van der Waals surface area (Å²) in [4.78, 5) is 36.3. The predicted molar refractivity (Wildman–Crippen MR) is 98.7 cm³/mol. The highest BCUT2D eigenvalue weighted by Crippen LogP contribution is 2.29. The van der Waals surface area contributed by atoms with Gasteiger partial charge in [-0.1, -0.05) is 19.1 Å². The third kappa shape index (κ3) is 7.77. The van der Waals surface area contributed by atoms with Crippen LogP contribution in [0.3, 0.4) is 0 Å². The maximum atomic E-state index is 12.5. The van der Waals surface area contributed by atoms with Crippen LogP contribution < -0.4 is 5.32 Å². The van der Waals surface area contributed by atoms with Crippen molar-refractivity contribution in [2.75, 3.05) is 26.7 Å². The van der Waals surface area contributed by atoms with Gasteiger partial charge in [0.05, 0.1) is 6.10 Å². The summed E-state index contributed by atoms with van der Waals surface area (Å²) in [5.74, 6) is -4.06. The van der Waals surface area contributed by atoms with E-state index in [1.807, 2.05) is 26.0 Å². The monoisotopic (exact) mass is 422 g/mol. The van der Waals surface area contributed by atoms with Crippen molar-refractivity contribution in [1.82, 2.24) is 10.2 Å². The summed E-state index contributed by atoms with van der Waals surface area (Å²) in [6.07, 6.45) is -0.965. The Labute approximate surface area is 168 Å². The fraction of sp³-hybridized carbons (Fsp3) is 0.737. The molecule has 1 saturated heterocycles. The summed E-state index contributed by atoms with van der Waals surface area (Å²) in [5.41, 5.74) is 0. The van der Waals surface area contributed by atoms with Crippen LogP contribution in [-0.2, 0) is 23.9 Å². The Morgan fingerprint density at radius 3 is 2.45 bits per heavy atom. The average molecular weight is 422 g/mol. The van der Waals surface area contributed by atoms with E-state index < -0.39 is 24.2 Å². The van der Waals surface area contributed by atoms with Crippen LogP contribution in [0.15, 0.2) is 12.2 Å². The molecule has 1 rings (SSSR count). The first-order valence-corrected chi connectivity index (χ1v) is 9.50. The van der Waals surface area contributed by atoms with Gasteiger partial charge in [-0.25, -0.2) is 9.59 Å². The number of esters is 2. The van der Waals surface area contributed by atoms with E-state index in [0.29, 0.717) is 19.5 Å². The lowest BCUT2D eigenvalue weighted by molar-refractivity contribution is -0.203. The number of amides is 1. The van der Waals surface area contributed by atoms with Crippen LogP contribution in [0.2, 0.25) is 0 Å². The van der Waals surface area contributed by atoms with E-state index in [-0.39, 0.29) is 36.8 Å². The van der Waals surface area contributed by atoms with Crippen molar-refractivity contribution in [3.63, 3.8) is 0 Å². The molecule has 1 amide bonds. The Balaban J connectivity index is 2.92. The molecule has 3 unspecified atom stereocenters. The van der Waals surface area contributed by atoms with E-state index in [0.717, 1.165) is 0 Å². The summed E-state index contributed by atoms with van der Waals surface area (Å²) in [5, 5.41) is 2.69. The van der Waals surface area contributed by atoms with E-state index in [9.17, 15) is 27.6 Å². The Bertz CT molecular complexity index is 609. The van der Waals surface area contributed by atoms with Gasteiger partial charge >= 0.3 is 18.1 Å². The zero-order valence-corrected chi connectivity index (χ0v) is 17.1. The molecule has 1 fully saturated rings. The number of methoxy groups -OCH3 is 1. The first-order chi connectivity index (χ1) is 13.5. The predicted octanol–water partition coefficient (Wildman–Crippen LogP) is 2.06. The molecule has 0 aromatic carbocycles. The van der Waals surface area contributed by atoms with Crippen molar-refractivity contribution in [1.29, 1.82) is 0 Å². The number of carbonyl (C=O) groups is 3. The minimum atomic E-state index is -5.23. The molecule has 0 aromatic rings. The smallest absolute Gasteiger partial charge is 0.385 e. The molecular formula is C19H29F3N2O5. The lowest BCUT2D eigenvalue weighted by Crippen LogP contribution is -2.46. The van der Waals surface area contributed by atoms with Crippen molar-refractivity contribution in [3.05, 3.63) is 12.2 Å². The highest BCUT2D eigenvalue weighted by molar-refractivity contribution is 5.91. The molecule has 29 heavy (non-hydrogen) atoms. The molecule has 7 nitrogen and oxygen atoms in total. The summed E-state index contributed by atoms with van der Waals surface area (Å²) < 4.78 is 46.9. The number of nitrogens with one attached hydrogen (secondary N) is 1. The summed E-state index contributed by atoms with van der Waals surface area (Å²) in [7, 11) is 1.51. The second-order valence-corrected chi connectivity index (χ2v) is 7.08. The van der Waals surface area contributed by atoms with Crippen molar-refractivity contribution in [2.45, 2.75) is 51.9 Å². The van der Waals surface area contributed by atoms with E-state index in [2.05, 4.69) is 10.1 Å². The van der Waals surface area contributed by atoms with Crippen LogP contribution in [0.5, 0.6) is 0 Å². The van der Waals surface area contributed by atoms with Crippen LogP contribution in [-0.4, -0.2) is 67.8 Å². The van der Waals surface area contributed by atoms with Gasteiger partial charge in [-0.3, -0.25) is 9.69 Å². The number of hydrogen-bond donors (Lipinski definition) is 1. The van der Waals surface area contributed by atoms with Crippen molar-refractivity contribution >= 4 is 17.8 Å². The molecule has 0 radical (unpaired) electrons. The molecular weight excluding hydrogens is 393 g/mol. The van der Waals surface area contributed by atoms with Gasteiger partial charge in [0.1, 0.15) is 6.04 Å². The molecule has 0 saturated carbocycles. The Morgan fingerprint density at radius 1 is 1.31 bits per heavy atom. The summed E-state index contributed by atoms with van der Waals surface area (Å²) in [6.45, 7) is 6.19. The first kappa shape index (κ1) is 25.1. The fourth-order valence-electron chi connectivity index (χ4n) is 3.51. The molecule has 1 aliphatic heterocycles. The van der Waals surface area contributed by atoms with Crippen molar-refractivity contribution in [3.8, 4) is 0 Å². The number of carbonyl (C=O) groups excluding carboxylic acids is 3. The topological polar surface area (TPSA) is 84.9 Å². The minimum Gasteiger partial charge on any atom is -0.385 e. The number of nitrogens with zero attached hydrogens (tertiary/aromatic N) is 1. The summed E-state index contributed by atoms with van der Waals surface area (Å²) in [6, 6.07) is -0.963. The van der Waals surface area contributed by atoms with Gasteiger partial charge in [0.15, 0.2) is 0 Å². The Kier molecular flexibility index (Phi) is 9.78. The largest absolute Gasteiger partial charge is 0.491 e. The van der Waals surface area contributed by atoms with Gasteiger partial charge in [0.25, 0.3) is 0 Å². The third-order valence-corrected chi connectivity index (χ3v) is 4.97. The van der Waals surface area contributed by atoms with Crippen LogP contribution >= 0.6 is 0 Å². The van der Waals surface area contributed by atoms with Gasteiger partial charge in [-0.2, -0.15) is 13.2 Å². The number of rotatable bonds is 9. The normalized spacial score (nSPS) is 22.4. The van der Waals surface area contributed by atoms with Gasteiger partial charge in [-0.15, -0.1) is 0 Å². The number of allylic oxidation sites excluding steroid dienone is 1. The standard InChI is InChI=1S/C19H29F3N2O5/c1-5-7-13-8-15(17(26)29-18(27)19(20,21)22)24(10-13)11-14(6-2)16(28-4)9-23-12(3)25/h5,7,13-16H,6,8-11H2,1-4H3,(H,23,25)/t13?,14-,15?,16?/m1/s1. The zero-order chi connectivity index (χ0) is 22.2. The van der Waals surface area contributed by atoms with E-state index in [1.165, 1.54) is 14.0 Å². The van der Waals surface area contributed by atoms with E-state index in [1.54, 1.807) is 4.90 Å². The molecule has 10 heteroatoms. The molecule has 1 N–H and O–H groups in total. The quantitative estimate of drug-likeness (QED) is 0.348.